The molecule has 0 aliphatic heterocycles. The number of carbonyl (C=O) groups excluding carboxylic acids is 7. The number of amides is 7. The SMILES string of the molecule is CC(=O)N[C@@H](Cc1ccccc1)C(=O)N[C@H](C(=O)N[C@@H](CC(C)C)C(=O)N[C@@H](CC(=O)O)C(=O)N[C@@H](C)C(=O)N[C@@H](CC(=O)O)C(=O)N[C@@H](Cc1c[nH]c2ccccc12)C(=O)O)[C@H](C)O. The number of hydrogen-bond donors (Lipinski definition) is 12. The number of aliphatic hydroxyl groups excluding tert-OH is 1. The van der Waals surface area contributed by atoms with Crippen molar-refractivity contribution in [1.29, 1.82) is 0 Å². The molecule has 12 N–H and O–H groups in total. The van der Waals surface area contributed by atoms with Crippen molar-refractivity contribution in [2.75, 3.05) is 0 Å². The molecule has 0 saturated heterocycles. The van der Waals surface area contributed by atoms with Crippen molar-refractivity contribution < 1.29 is 68.4 Å². The third-order valence-electron chi connectivity index (χ3n) is 9.87. The van der Waals surface area contributed by atoms with Crippen LogP contribution in [-0.4, -0.2) is 133 Å². The van der Waals surface area contributed by atoms with Crippen molar-refractivity contribution in [2.45, 2.75) is 115 Å². The molecule has 0 saturated carbocycles. The van der Waals surface area contributed by atoms with Crippen molar-refractivity contribution >= 4 is 70.2 Å². The summed E-state index contributed by atoms with van der Waals surface area (Å²) in [5, 5.41) is 56.4. The second-order valence-corrected chi connectivity index (χ2v) is 15.9. The number of rotatable bonds is 25. The van der Waals surface area contributed by atoms with Crippen LogP contribution in [0, 0.1) is 5.92 Å². The van der Waals surface area contributed by atoms with Crippen molar-refractivity contribution in [3.8, 4) is 0 Å². The zero-order valence-corrected chi connectivity index (χ0v) is 36.4. The maximum Gasteiger partial charge on any atom is 0.326 e. The van der Waals surface area contributed by atoms with Crippen molar-refractivity contribution in [3.05, 3.63) is 71.9 Å². The molecule has 352 valence electrons. The fourth-order valence-electron chi connectivity index (χ4n) is 6.64. The minimum absolute atomic E-state index is 0.0324. The van der Waals surface area contributed by atoms with Crippen LogP contribution in [0.5, 0.6) is 0 Å². The first-order valence-electron chi connectivity index (χ1n) is 20.6. The van der Waals surface area contributed by atoms with E-state index in [1.54, 1.807) is 74.6 Å². The average molecular weight is 909 g/mol. The van der Waals surface area contributed by atoms with Gasteiger partial charge in [-0.05, 0) is 43.4 Å². The lowest BCUT2D eigenvalue weighted by atomic mass is 10.0. The molecule has 1 aromatic heterocycles. The number of aliphatic hydroxyl groups is 1. The largest absolute Gasteiger partial charge is 0.481 e. The number of hydrogen-bond acceptors (Lipinski definition) is 11. The molecule has 65 heavy (non-hydrogen) atoms. The Morgan fingerprint density at radius 2 is 1.06 bits per heavy atom. The number of nitrogens with one attached hydrogen (secondary N) is 8. The van der Waals surface area contributed by atoms with Gasteiger partial charge >= 0.3 is 17.9 Å². The van der Waals surface area contributed by atoms with Crippen LogP contribution in [0.1, 0.15) is 65.0 Å². The lowest BCUT2D eigenvalue weighted by Crippen LogP contribution is -2.61. The van der Waals surface area contributed by atoms with Crippen molar-refractivity contribution in [3.63, 3.8) is 0 Å². The third-order valence-corrected chi connectivity index (χ3v) is 9.87. The zero-order valence-electron chi connectivity index (χ0n) is 36.4. The maximum atomic E-state index is 13.7. The number of H-pyrrole nitrogens is 1. The van der Waals surface area contributed by atoms with E-state index in [1.807, 2.05) is 0 Å². The van der Waals surface area contributed by atoms with Crippen molar-refractivity contribution in [1.82, 2.24) is 42.2 Å². The second kappa shape index (κ2) is 24.5. The van der Waals surface area contributed by atoms with E-state index in [-0.39, 0.29) is 25.2 Å². The number of aromatic nitrogens is 1. The molecule has 0 aliphatic carbocycles. The van der Waals surface area contributed by atoms with Crippen LogP contribution in [0.15, 0.2) is 60.8 Å². The molecule has 22 heteroatoms. The van der Waals surface area contributed by atoms with E-state index in [0.29, 0.717) is 22.0 Å². The number of aliphatic carboxylic acids is 3. The summed E-state index contributed by atoms with van der Waals surface area (Å²) in [7, 11) is 0. The first kappa shape index (κ1) is 52.0. The van der Waals surface area contributed by atoms with E-state index in [4.69, 9.17) is 0 Å². The summed E-state index contributed by atoms with van der Waals surface area (Å²) in [5.74, 6) is -11.8. The van der Waals surface area contributed by atoms with E-state index < -0.39 is 120 Å². The molecule has 0 unspecified atom stereocenters. The molecular weight excluding hydrogens is 853 g/mol. The van der Waals surface area contributed by atoms with Gasteiger partial charge in [-0.3, -0.25) is 43.2 Å². The van der Waals surface area contributed by atoms with Crippen molar-refractivity contribution in [2.24, 2.45) is 5.92 Å². The van der Waals surface area contributed by atoms with Gasteiger partial charge in [0, 0.05) is 36.9 Å². The predicted molar refractivity (Wildman–Crippen MR) is 230 cm³/mol. The Bertz CT molecular complexity index is 2210. The molecule has 0 spiro atoms. The summed E-state index contributed by atoms with van der Waals surface area (Å²) < 4.78 is 0. The van der Waals surface area contributed by atoms with E-state index in [9.17, 15) is 68.4 Å². The van der Waals surface area contributed by atoms with E-state index in [2.05, 4.69) is 42.2 Å². The molecule has 2 aromatic carbocycles. The molecule has 3 rings (SSSR count). The number of para-hydroxylation sites is 1. The summed E-state index contributed by atoms with van der Waals surface area (Å²) >= 11 is 0. The lowest BCUT2D eigenvalue weighted by Gasteiger charge is -2.28. The highest BCUT2D eigenvalue weighted by atomic mass is 16.4. The van der Waals surface area contributed by atoms with Crippen LogP contribution in [0.2, 0.25) is 0 Å². The normalized spacial score (nSPS) is 14.8. The Labute approximate surface area is 373 Å². The number of carboxylic acids is 3. The van der Waals surface area contributed by atoms with Crippen LogP contribution in [0.4, 0.5) is 0 Å². The Morgan fingerprint density at radius 3 is 1.62 bits per heavy atom. The molecule has 8 atom stereocenters. The minimum atomic E-state index is -1.87. The van der Waals surface area contributed by atoms with Crippen LogP contribution in [0.25, 0.3) is 10.9 Å². The maximum absolute atomic E-state index is 13.7. The van der Waals surface area contributed by atoms with E-state index in [0.717, 1.165) is 6.92 Å². The monoisotopic (exact) mass is 908 g/mol. The quantitative estimate of drug-likeness (QED) is 0.0478. The number of aromatic amines is 1. The van der Waals surface area contributed by atoms with Gasteiger partial charge in [0.25, 0.3) is 0 Å². The van der Waals surface area contributed by atoms with Crippen LogP contribution in [-0.2, 0) is 60.8 Å². The molecule has 22 nitrogen and oxygen atoms in total. The Kier molecular flexibility index (Phi) is 19.6. The molecule has 0 aliphatic rings. The number of carboxylic acid groups (broad SMARTS) is 3. The van der Waals surface area contributed by atoms with E-state index in [1.165, 1.54) is 13.8 Å². The lowest BCUT2D eigenvalue weighted by molar-refractivity contribution is -0.143. The fraction of sp³-hybridized carbons (Fsp3) is 0.442. The molecule has 0 fully saturated rings. The molecular formula is C43H56N8O14. The third kappa shape index (κ3) is 16.7. The van der Waals surface area contributed by atoms with Crippen LogP contribution >= 0.6 is 0 Å². The van der Waals surface area contributed by atoms with Gasteiger partial charge in [-0.1, -0.05) is 62.4 Å². The number of benzene rings is 2. The van der Waals surface area contributed by atoms with Gasteiger partial charge in [0.2, 0.25) is 41.4 Å². The Balaban J connectivity index is 1.72. The van der Waals surface area contributed by atoms with Gasteiger partial charge in [-0.25, -0.2) is 4.79 Å². The van der Waals surface area contributed by atoms with Gasteiger partial charge in [-0.2, -0.15) is 0 Å². The van der Waals surface area contributed by atoms with Crippen LogP contribution in [0.3, 0.4) is 0 Å². The van der Waals surface area contributed by atoms with E-state index >= 15 is 0 Å². The Morgan fingerprint density at radius 1 is 0.554 bits per heavy atom. The highest BCUT2D eigenvalue weighted by Gasteiger charge is 2.36. The molecule has 0 bridgehead atoms. The predicted octanol–water partition coefficient (Wildman–Crippen LogP) is -1.15. The summed E-state index contributed by atoms with van der Waals surface area (Å²) in [6.07, 6.45) is -2.26. The molecule has 1 heterocycles. The second-order valence-electron chi connectivity index (χ2n) is 15.9. The van der Waals surface area contributed by atoms with Gasteiger partial charge in [-0.15, -0.1) is 0 Å². The topological polar surface area (TPSA) is 352 Å². The summed E-state index contributed by atoms with van der Waals surface area (Å²) in [6.45, 7) is 6.88. The standard InChI is InChI=1S/C43H56N8O14/c1-21(2)15-29(49-42(63)36(23(4)52)51-41(62)30(46-24(5)53)16-25-11-7-6-8-12-25)39(60)48-31(18-34(54)55)38(59)45-22(3)37(58)47-32(19-35(56)57)40(61)50-33(43(64)65)17-26-20-44-28-14-10-9-13-27(26)28/h6-14,20-23,29-33,36,44,52H,15-19H2,1-5H3,(H,45,59)(H,46,53)(H,47,58)(H,48,60)(H,49,63)(H,50,61)(H,51,62)(H,54,55)(H,56,57)(H,64,65)/t22-,23-,29-,30-,31-,32-,33-,36-/m0/s1. The van der Waals surface area contributed by atoms with Gasteiger partial charge < -0.3 is 62.6 Å². The summed E-state index contributed by atoms with van der Waals surface area (Å²) in [5.41, 5.74) is 1.91. The molecule has 7 amide bonds. The number of fused-ring (bicyclic) bond motifs is 1. The van der Waals surface area contributed by atoms with Gasteiger partial charge in [0.15, 0.2) is 0 Å². The first-order valence-corrected chi connectivity index (χ1v) is 20.6. The highest BCUT2D eigenvalue weighted by molar-refractivity contribution is 5.99. The summed E-state index contributed by atoms with van der Waals surface area (Å²) in [6, 6.07) is 4.49. The fourth-order valence-corrected chi connectivity index (χ4v) is 6.64. The molecule has 0 radical (unpaired) electrons. The molecule has 3 aromatic rings. The number of carbonyl (C=O) groups is 10. The first-order chi connectivity index (χ1) is 30.6. The van der Waals surface area contributed by atoms with Crippen LogP contribution < -0.4 is 37.2 Å². The highest BCUT2D eigenvalue weighted by Crippen LogP contribution is 2.19. The van der Waals surface area contributed by atoms with Gasteiger partial charge in [0.05, 0.1) is 18.9 Å². The smallest absolute Gasteiger partial charge is 0.326 e. The minimum Gasteiger partial charge on any atom is -0.481 e. The Hall–Kier alpha value is -7.36. The van der Waals surface area contributed by atoms with Gasteiger partial charge in [0.1, 0.15) is 42.3 Å². The average Bonchev–Trinajstić information content (AvgIpc) is 3.63. The summed E-state index contributed by atoms with van der Waals surface area (Å²) in [4.78, 5) is 131. The zero-order chi connectivity index (χ0) is 48.5.